The van der Waals surface area contributed by atoms with Crippen LogP contribution in [0.25, 0.3) is 5.57 Å². The lowest BCUT2D eigenvalue weighted by molar-refractivity contribution is 0.718. The van der Waals surface area contributed by atoms with Crippen LogP contribution in [0.3, 0.4) is 0 Å². The number of rotatable bonds is 1. The lowest BCUT2D eigenvalue weighted by atomic mass is 9.93. The molecule has 0 atom stereocenters. The van der Waals surface area contributed by atoms with E-state index in [4.69, 9.17) is 0 Å². The van der Waals surface area contributed by atoms with E-state index in [9.17, 15) is 0 Å². The maximum atomic E-state index is 3.44. The molecule has 0 amide bonds. The minimum absolute atomic E-state index is 1.11. The van der Waals surface area contributed by atoms with Gasteiger partial charge in [0, 0.05) is 0 Å². The summed E-state index contributed by atoms with van der Waals surface area (Å²) in [5.74, 6) is 0. The highest BCUT2D eigenvalue weighted by atomic mass is 14.8. The molecule has 0 aromatic heterocycles. The molecule has 0 radical (unpaired) electrons. The van der Waals surface area contributed by atoms with Crippen molar-refractivity contribution in [2.45, 2.75) is 33.6 Å². The van der Waals surface area contributed by atoms with Crippen LogP contribution in [0.15, 0.2) is 18.2 Å². The average Bonchev–Trinajstić information content (AvgIpc) is 2.52. The van der Waals surface area contributed by atoms with Crippen molar-refractivity contribution in [2.24, 2.45) is 0 Å². The fourth-order valence-electron chi connectivity index (χ4n) is 2.35. The monoisotopic (exact) mass is 215 g/mol. The fourth-order valence-corrected chi connectivity index (χ4v) is 2.35. The molecule has 1 heteroatoms. The number of nitrogens with one attached hydrogen (secondary N) is 1. The van der Waals surface area contributed by atoms with Crippen molar-refractivity contribution in [1.82, 2.24) is 5.32 Å². The Hall–Kier alpha value is -1.08. The van der Waals surface area contributed by atoms with Crippen LogP contribution in [-0.2, 0) is 0 Å². The summed E-state index contributed by atoms with van der Waals surface area (Å²) in [4.78, 5) is 0. The second-order valence-electron chi connectivity index (χ2n) is 4.77. The van der Waals surface area contributed by atoms with Crippen LogP contribution in [0.5, 0.6) is 0 Å². The maximum Gasteiger partial charge on any atom is -0.000812 e. The van der Waals surface area contributed by atoms with Gasteiger partial charge < -0.3 is 5.32 Å². The zero-order valence-electron chi connectivity index (χ0n) is 10.6. The normalized spacial score (nSPS) is 16.8. The van der Waals surface area contributed by atoms with E-state index < -0.39 is 0 Å². The number of hydrogen-bond donors (Lipinski definition) is 1. The molecule has 1 heterocycles. The second kappa shape index (κ2) is 4.84. The first-order valence-corrected chi connectivity index (χ1v) is 6.16. The maximum absolute atomic E-state index is 3.44. The molecule has 0 fully saturated rings. The first kappa shape index (κ1) is 11.4. The Bertz CT molecular complexity index is 416. The Kier molecular flexibility index (Phi) is 3.45. The number of aryl methyl sites for hydroxylation is 3. The van der Waals surface area contributed by atoms with Gasteiger partial charge in [0.1, 0.15) is 0 Å². The second-order valence-corrected chi connectivity index (χ2v) is 4.77. The SMILES string of the molecule is Cc1cc(C)c(C2=CCCNCC2)cc1C. The molecule has 0 saturated carbocycles. The van der Waals surface area contributed by atoms with E-state index in [1.807, 2.05) is 0 Å². The first-order valence-electron chi connectivity index (χ1n) is 6.16. The van der Waals surface area contributed by atoms with Gasteiger partial charge >= 0.3 is 0 Å². The predicted octanol–water partition coefficient (Wildman–Crippen LogP) is 3.38. The van der Waals surface area contributed by atoms with Crippen molar-refractivity contribution < 1.29 is 0 Å². The Balaban J connectivity index is 2.39. The molecule has 1 N–H and O–H groups in total. The number of benzene rings is 1. The van der Waals surface area contributed by atoms with Crippen LogP contribution >= 0.6 is 0 Å². The minimum atomic E-state index is 1.11. The van der Waals surface area contributed by atoms with Crippen molar-refractivity contribution in [3.05, 3.63) is 40.5 Å². The summed E-state index contributed by atoms with van der Waals surface area (Å²) in [6.07, 6.45) is 4.71. The smallest absolute Gasteiger partial charge is 0.000812 e. The molecular weight excluding hydrogens is 194 g/mol. The third-order valence-corrected chi connectivity index (χ3v) is 3.47. The molecule has 0 spiro atoms. The summed E-state index contributed by atoms with van der Waals surface area (Å²) >= 11 is 0. The van der Waals surface area contributed by atoms with Gasteiger partial charge in [-0.05, 0) is 74.5 Å². The molecule has 86 valence electrons. The van der Waals surface area contributed by atoms with E-state index in [1.165, 1.54) is 27.8 Å². The minimum Gasteiger partial charge on any atom is -0.316 e. The van der Waals surface area contributed by atoms with Crippen molar-refractivity contribution in [3.63, 3.8) is 0 Å². The van der Waals surface area contributed by atoms with Crippen LogP contribution in [0.2, 0.25) is 0 Å². The summed E-state index contributed by atoms with van der Waals surface area (Å²) in [6.45, 7) is 8.84. The summed E-state index contributed by atoms with van der Waals surface area (Å²) in [5, 5.41) is 3.44. The van der Waals surface area contributed by atoms with Crippen LogP contribution in [0.1, 0.15) is 35.1 Å². The molecule has 16 heavy (non-hydrogen) atoms. The molecule has 0 aliphatic carbocycles. The van der Waals surface area contributed by atoms with E-state index in [0.717, 1.165) is 25.9 Å². The van der Waals surface area contributed by atoms with Crippen molar-refractivity contribution in [1.29, 1.82) is 0 Å². The molecular formula is C15H21N. The fraction of sp³-hybridized carbons (Fsp3) is 0.467. The zero-order chi connectivity index (χ0) is 11.5. The molecule has 1 nitrogen and oxygen atoms in total. The largest absolute Gasteiger partial charge is 0.316 e. The third-order valence-electron chi connectivity index (χ3n) is 3.47. The Morgan fingerprint density at radius 2 is 1.69 bits per heavy atom. The molecule has 0 saturated heterocycles. The average molecular weight is 215 g/mol. The van der Waals surface area contributed by atoms with Crippen molar-refractivity contribution in [2.75, 3.05) is 13.1 Å². The van der Waals surface area contributed by atoms with Gasteiger partial charge in [0.25, 0.3) is 0 Å². The van der Waals surface area contributed by atoms with Gasteiger partial charge in [-0.2, -0.15) is 0 Å². The molecule has 0 bridgehead atoms. The van der Waals surface area contributed by atoms with Gasteiger partial charge in [0.2, 0.25) is 0 Å². The first-order chi connectivity index (χ1) is 7.68. The highest BCUT2D eigenvalue weighted by Crippen LogP contribution is 2.26. The van der Waals surface area contributed by atoms with Crippen LogP contribution < -0.4 is 5.32 Å². The topological polar surface area (TPSA) is 12.0 Å². The zero-order valence-corrected chi connectivity index (χ0v) is 10.6. The lowest BCUT2D eigenvalue weighted by Crippen LogP contribution is -2.13. The van der Waals surface area contributed by atoms with E-state index >= 15 is 0 Å². The van der Waals surface area contributed by atoms with E-state index in [2.05, 4.69) is 44.3 Å². The molecule has 1 aliphatic heterocycles. The Labute approximate surface area is 98.6 Å². The van der Waals surface area contributed by atoms with Gasteiger partial charge in [-0.15, -0.1) is 0 Å². The molecule has 2 rings (SSSR count). The van der Waals surface area contributed by atoms with E-state index in [-0.39, 0.29) is 0 Å². The molecule has 0 unspecified atom stereocenters. The van der Waals surface area contributed by atoms with Gasteiger partial charge in [-0.3, -0.25) is 0 Å². The standard InChI is InChI=1S/C15H21N/c1-11-9-13(3)15(10-12(11)2)14-5-4-7-16-8-6-14/h5,9-10,16H,4,6-8H2,1-3H3. The van der Waals surface area contributed by atoms with Gasteiger partial charge in [0.15, 0.2) is 0 Å². The van der Waals surface area contributed by atoms with Crippen molar-refractivity contribution >= 4 is 5.57 Å². The summed E-state index contributed by atoms with van der Waals surface area (Å²) in [6, 6.07) is 4.66. The number of hydrogen-bond acceptors (Lipinski definition) is 1. The van der Waals surface area contributed by atoms with Crippen LogP contribution in [-0.4, -0.2) is 13.1 Å². The van der Waals surface area contributed by atoms with Gasteiger partial charge in [0.05, 0.1) is 0 Å². The molecule has 1 aromatic rings. The summed E-state index contributed by atoms with van der Waals surface area (Å²) in [7, 11) is 0. The Morgan fingerprint density at radius 1 is 0.938 bits per heavy atom. The van der Waals surface area contributed by atoms with Crippen molar-refractivity contribution in [3.8, 4) is 0 Å². The van der Waals surface area contributed by atoms with Gasteiger partial charge in [-0.25, -0.2) is 0 Å². The van der Waals surface area contributed by atoms with Gasteiger partial charge in [-0.1, -0.05) is 18.2 Å². The Morgan fingerprint density at radius 3 is 2.50 bits per heavy atom. The highest BCUT2D eigenvalue weighted by Gasteiger charge is 2.08. The lowest BCUT2D eigenvalue weighted by Gasteiger charge is -2.12. The predicted molar refractivity (Wildman–Crippen MR) is 70.7 cm³/mol. The summed E-state index contributed by atoms with van der Waals surface area (Å²) < 4.78 is 0. The molecule has 1 aliphatic rings. The quantitative estimate of drug-likeness (QED) is 0.757. The summed E-state index contributed by atoms with van der Waals surface area (Å²) in [5.41, 5.74) is 7.18. The van der Waals surface area contributed by atoms with Crippen LogP contribution in [0.4, 0.5) is 0 Å². The molecule has 1 aromatic carbocycles. The van der Waals surface area contributed by atoms with E-state index in [1.54, 1.807) is 0 Å². The van der Waals surface area contributed by atoms with E-state index in [0.29, 0.717) is 0 Å². The highest BCUT2D eigenvalue weighted by molar-refractivity contribution is 5.69. The third kappa shape index (κ3) is 2.35. The van der Waals surface area contributed by atoms with Crippen LogP contribution in [0, 0.1) is 20.8 Å².